The molecule has 1 N–H and O–H groups in total. The van der Waals surface area contributed by atoms with Crippen LogP contribution >= 0.6 is 0 Å². The van der Waals surface area contributed by atoms with Crippen LogP contribution in [0.3, 0.4) is 0 Å². The predicted molar refractivity (Wildman–Crippen MR) is 123 cm³/mol. The highest BCUT2D eigenvalue weighted by Gasteiger charge is 2.27. The van der Waals surface area contributed by atoms with E-state index in [2.05, 4.69) is 22.5 Å². The summed E-state index contributed by atoms with van der Waals surface area (Å²) in [4.78, 5) is 16.3. The van der Waals surface area contributed by atoms with Gasteiger partial charge in [0, 0.05) is 29.9 Å². The zero-order chi connectivity index (χ0) is 21.8. The van der Waals surface area contributed by atoms with E-state index in [1.807, 2.05) is 18.2 Å². The van der Waals surface area contributed by atoms with Crippen molar-refractivity contribution >= 4 is 16.9 Å². The summed E-state index contributed by atoms with van der Waals surface area (Å²) in [6, 6.07) is 9.61. The van der Waals surface area contributed by atoms with Crippen molar-refractivity contribution < 1.29 is 14.6 Å². The molecule has 0 bridgehead atoms. The number of hydrogen-bond donors (Lipinski definition) is 1. The molecule has 1 aromatic carbocycles. The fourth-order valence-electron chi connectivity index (χ4n) is 5.06. The molecule has 1 atom stereocenters. The number of methoxy groups -OCH3 is 1. The molecule has 164 valence electrons. The van der Waals surface area contributed by atoms with Crippen molar-refractivity contribution in [3.8, 4) is 5.88 Å². The molecule has 4 rings (SSSR count). The molecule has 0 radical (unpaired) electrons. The third-order valence-electron chi connectivity index (χ3n) is 6.64. The van der Waals surface area contributed by atoms with Gasteiger partial charge in [-0.05, 0) is 48.4 Å². The molecule has 5 heteroatoms. The normalized spacial score (nSPS) is 15.7. The second kappa shape index (κ2) is 9.54. The van der Waals surface area contributed by atoms with Crippen LogP contribution in [0.5, 0.6) is 5.88 Å². The van der Waals surface area contributed by atoms with Crippen LogP contribution in [-0.4, -0.2) is 27.7 Å². The molecule has 1 unspecified atom stereocenters. The average Bonchev–Trinajstić information content (AvgIpc) is 3.10. The summed E-state index contributed by atoms with van der Waals surface area (Å²) < 4.78 is 7.55. The number of pyridine rings is 1. The van der Waals surface area contributed by atoms with Gasteiger partial charge in [0.25, 0.3) is 0 Å². The van der Waals surface area contributed by atoms with Gasteiger partial charge in [0.15, 0.2) is 0 Å². The van der Waals surface area contributed by atoms with E-state index in [9.17, 15) is 9.90 Å². The third-order valence-corrected chi connectivity index (χ3v) is 6.64. The molecule has 31 heavy (non-hydrogen) atoms. The molecular weight excluding hydrogens is 388 g/mol. The highest BCUT2D eigenvalue weighted by Crippen LogP contribution is 2.38. The maximum atomic E-state index is 12.1. The lowest BCUT2D eigenvalue weighted by Crippen LogP contribution is -2.17. The molecule has 2 heterocycles. The van der Waals surface area contributed by atoms with Gasteiger partial charge in [-0.2, -0.15) is 0 Å². The molecule has 0 spiro atoms. The number of unbranched alkanes of at least 4 members (excludes halogenated alkanes) is 3. The molecule has 1 aliphatic carbocycles. The SMILES string of the molecule is CCCCCCC1CCc2c(n(Cc3ccnc(OC)c3)c3c(C(=O)O)cccc23)C1. The highest BCUT2D eigenvalue weighted by molar-refractivity contribution is 6.04. The van der Waals surface area contributed by atoms with E-state index in [1.165, 1.54) is 49.8 Å². The smallest absolute Gasteiger partial charge is 0.337 e. The lowest BCUT2D eigenvalue weighted by atomic mass is 9.83. The summed E-state index contributed by atoms with van der Waals surface area (Å²) in [6.45, 7) is 2.87. The molecule has 0 amide bonds. The fraction of sp³-hybridized carbons (Fsp3) is 0.462. The minimum absolute atomic E-state index is 0.382. The van der Waals surface area contributed by atoms with Crippen molar-refractivity contribution in [1.82, 2.24) is 9.55 Å². The Kier molecular flexibility index (Phi) is 6.59. The number of para-hydroxylation sites is 1. The van der Waals surface area contributed by atoms with Crippen LogP contribution in [-0.2, 0) is 19.4 Å². The number of nitrogens with zero attached hydrogens (tertiary/aromatic N) is 2. The predicted octanol–water partition coefficient (Wildman–Crippen LogP) is 5.87. The summed E-state index contributed by atoms with van der Waals surface area (Å²) in [6.07, 6.45) is 11.4. The van der Waals surface area contributed by atoms with Crippen LogP contribution in [0.1, 0.15) is 72.6 Å². The lowest BCUT2D eigenvalue weighted by Gasteiger charge is -2.24. The van der Waals surface area contributed by atoms with Crippen molar-refractivity contribution in [3.05, 3.63) is 58.9 Å². The second-order valence-corrected chi connectivity index (χ2v) is 8.68. The molecule has 3 aromatic rings. The number of carboxylic acid groups (broad SMARTS) is 1. The molecule has 0 saturated heterocycles. The van der Waals surface area contributed by atoms with Crippen molar-refractivity contribution in [2.45, 2.75) is 64.8 Å². The molecule has 0 saturated carbocycles. The number of benzene rings is 1. The first-order valence-corrected chi connectivity index (χ1v) is 11.5. The summed E-state index contributed by atoms with van der Waals surface area (Å²) in [5.74, 6) is 0.382. The van der Waals surface area contributed by atoms with Gasteiger partial charge in [-0.25, -0.2) is 9.78 Å². The first-order valence-electron chi connectivity index (χ1n) is 11.5. The van der Waals surface area contributed by atoms with E-state index >= 15 is 0 Å². The zero-order valence-corrected chi connectivity index (χ0v) is 18.6. The number of fused-ring (bicyclic) bond motifs is 3. The van der Waals surface area contributed by atoms with Gasteiger partial charge < -0.3 is 14.4 Å². The van der Waals surface area contributed by atoms with Gasteiger partial charge in [-0.1, -0.05) is 51.2 Å². The van der Waals surface area contributed by atoms with Crippen LogP contribution in [0.2, 0.25) is 0 Å². The Balaban J connectivity index is 1.74. The molecular formula is C26H32N2O3. The van der Waals surface area contributed by atoms with Gasteiger partial charge in [0.1, 0.15) is 0 Å². The molecule has 2 aromatic heterocycles. The van der Waals surface area contributed by atoms with Crippen LogP contribution < -0.4 is 4.74 Å². The lowest BCUT2D eigenvalue weighted by molar-refractivity contribution is 0.0698. The quantitative estimate of drug-likeness (QED) is 0.440. The summed E-state index contributed by atoms with van der Waals surface area (Å²) in [7, 11) is 1.62. The number of aryl methyl sites for hydroxylation is 1. The van der Waals surface area contributed by atoms with E-state index in [-0.39, 0.29) is 0 Å². The Hall–Kier alpha value is -2.82. The number of ether oxygens (including phenoxy) is 1. The minimum atomic E-state index is -0.870. The third kappa shape index (κ3) is 4.46. The molecule has 5 nitrogen and oxygen atoms in total. The van der Waals surface area contributed by atoms with Crippen LogP contribution in [0, 0.1) is 5.92 Å². The number of aromatic nitrogens is 2. The molecule has 0 aliphatic heterocycles. The Bertz CT molecular complexity index is 1070. The number of carboxylic acids is 1. The number of rotatable bonds is 9. The van der Waals surface area contributed by atoms with E-state index < -0.39 is 5.97 Å². The second-order valence-electron chi connectivity index (χ2n) is 8.68. The van der Waals surface area contributed by atoms with E-state index in [4.69, 9.17) is 4.74 Å². The van der Waals surface area contributed by atoms with Gasteiger partial charge in [-0.15, -0.1) is 0 Å². The molecule has 1 aliphatic rings. The first-order chi connectivity index (χ1) is 15.1. The Labute approximate surface area is 184 Å². The standard InChI is InChI=1S/C26H32N2O3/c1-3-4-5-6-8-18-11-12-20-21-9-7-10-22(26(29)30)25(21)28(23(20)15-18)17-19-13-14-27-24(16-19)31-2/h7,9-10,13-14,16,18H,3-6,8,11-12,15,17H2,1-2H3,(H,29,30). The van der Waals surface area contributed by atoms with Crippen LogP contribution in [0.25, 0.3) is 10.9 Å². The van der Waals surface area contributed by atoms with E-state index in [0.717, 1.165) is 29.3 Å². The zero-order valence-electron chi connectivity index (χ0n) is 18.6. The number of hydrogen-bond acceptors (Lipinski definition) is 3. The maximum Gasteiger partial charge on any atom is 0.337 e. The fourth-order valence-corrected chi connectivity index (χ4v) is 5.06. The Morgan fingerprint density at radius 3 is 2.90 bits per heavy atom. The van der Waals surface area contributed by atoms with Gasteiger partial charge in [0.2, 0.25) is 5.88 Å². The maximum absolute atomic E-state index is 12.1. The van der Waals surface area contributed by atoms with Crippen molar-refractivity contribution in [2.75, 3.05) is 7.11 Å². The molecule has 0 fully saturated rings. The van der Waals surface area contributed by atoms with E-state index in [1.54, 1.807) is 19.4 Å². The van der Waals surface area contributed by atoms with Crippen molar-refractivity contribution in [1.29, 1.82) is 0 Å². The van der Waals surface area contributed by atoms with Gasteiger partial charge in [-0.3, -0.25) is 0 Å². The summed E-state index contributed by atoms with van der Waals surface area (Å²) in [5.41, 5.74) is 4.95. The van der Waals surface area contributed by atoms with Gasteiger partial charge in [0.05, 0.1) is 18.2 Å². The summed E-state index contributed by atoms with van der Waals surface area (Å²) in [5, 5.41) is 11.0. The van der Waals surface area contributed by atoms with E-state index in [0.29, 0.717) is 23.9 Å². The average molecular weight is 421 g/mol. The number of aromatic carboxylic acids is 1. The Morgan fingerprint density at radius 2 is 2.13 bits per heavy atom. The first kappa shape index (κ1) is 21.4. The monoisotopic (exact) mass is 420 g/mol. The van der Waals surface area contributed by atoms with Crippen molar-refractivity contribution in [3.63, 3.8) is 0 Å². The van der Waals surface area contributed by atoms with Crippen LogP contribution in [0.4, 0.5) is 0 Å². The largest absolute Gasteiger partial charge is 0.481 e. The Morgan fingerprint density at radius 1 is 1.26 bits per heavy atom. The van der Waals surface area contributed by atoms with Crippen molar-refractivity contribution in [2.24, 2.45) is 5.92 Å². The number of carbonyl (C=O) groups is 1. The van der Waals surface area contributed by atoms with Crippen LogP contribution in [0.15, 0.2) is 36.5 Å². The minimum Gasteiger partial charge on any atom is -0.481 e. The topological polar surface area (TPSA) is 64.4 Å². The highest BCUT2D eigenvalue weighted by atomic mass is 16.5. The summed E-state index contributed by atoms with van der Waals surface area (Å²) >= 11 is 0. The van der Waals surface area contributed by atoms with Gasteiger partial charge >= 0.3 is 5.97 Å².